The number of ether oxygens (including phenoxy) is 1. The number of nitrogens with one attached hydrogen (secondary N) is 1. The molecule has 1 heterocycles. The lowest BCUT2D eigenvalue weighted by Crippen LogP contribution is -2.38. The molecule has 0 aromatic heterocycles. The van der Waals surface area contributed by atoms with Gasteiger partial charge in [0.25, 0.3) is 15.9 Å². The van der Waals surface area contributed by atoms with Crippen molar-refractivity contribution in [3.63, 3.8) is 0 Å². The normalized spacial score (nSPS) is 13.2. The number of hydrogen-bond acceptors (Lipinski definition) is 5. The van der Waals surface area contributed by atoms with Gasteiger partial charge in [-0.25, -0.2) is 17.6 Å². The van der Waals surface area contributed by atoms with Crippen molar-refractivity contribution in [3.05, 3.63) is 89.7 Å². The molecule has 0 saturated heterocycles. The van der Waals surface area contributed by atoms with Crippen LogP contribution in [0.25, 0.3) is 0 Å². The highest BCUT2D eigenvalue weighted by Crippen LogP contribution is 2.26. The van der Waals surface area contributed by atoms with Gasteiger partial charge in [0.15, 0.2) is 6.61 Å². The number of carbonyl (C=O) groups excluding carboxylic acids is 2. The van der Waals surface area contributed by atoms with Crippen LogP contribution in [0.5, 0.6) is 0 Å². The summed E-state index contributed by atoms with van der Waals surface area (Å²) in [4.78, 5) is 26.4. The largest absolute Gasteiger partial charge is 0.452 e. The lowest BCUT2D eigenvalue weighted by molar-refractivity contribution is -0.121. The molecule has 0 fully saturated rings. The summed E-state index contributed by atoms with van der Waals surface area (Å²) in [5, 5.41) is 0. The minimum absolute atomic E-state index is 0.0895. The monoisotopic (exact) mass is 468 g/mol. The molecule has 0 spiro atoms. The van der Waals surface area contributed by atoms with E-state index in [1.165, 1.54) is 42.5 Å². The Hall–Kier alpha value is -3.72. The van der Waals surface area contributed by atoms with Crippen molar-refractivity contribution in [2.45, 2.75) is 17.7 Å². The predicted octanol–water partition coefficient (Wildman–Crippen LogP) is 3.76. The van der Waals surface area contributed by atoms with E-state index in [1.54, 1.807) is 4.90 Å². The molecule has 3 aromatic carbocycles. The Morgan fingerprint density at radius 3 is 2.42 bits per heavy atom. The van der Waals surface area contributed by atoms with Crippen molar-refractivity contribution in [3.8, 4) is 0 Å². The van der Waals surface area contributed by atoms with E-state index >= 15 is 0 Å². The standard InChI is InChI=1S/C24H21FN2O5S/c25-20-8-2-3-9-21(20)26-33(30,31)19-13-11-18(12-14-19)24(29)32-16-23(28)27-15-5-7-17-6-1-4-10-22(17)27/h1-4,6,8-14,26H,5,7,15-16H2. The van der Waals surface area contributed by atoms with Crippen LogP contribution in [0.2, 0.25) is 0 Å². The number of fused-ring (bicyclic) bond motifs is 1. The Balaban J connectivity index is 1.39. The van der Waals surface area contributed by atoms with Crippen LogP contribution in [-0.4, -0.2) is 33.4 Å². The number of hydrogen-bond donors (Lipinski definition) is 1. The molecule has 0 bridgehead atoms. The second kappa shape index (κ2) is 9.41. The van der Waals surface area contributed by atoms with E-state index in [2.05, 4.69) is 4.72 Å². The summed E-state index contributed by atoms with van der Waals surface area (Å²) in [7, 11) is -4.05. The maximum Gasteiger partial charge on any atom is 0.338 e. The number of halogens is 1. The number of carbonyl (C=O) groups is 2. The molecule has 7 nitrogen and oxygen atoms in total. The molecule has 0 aliphatic carbocycles. The number of nitrogens with zero attached hydrogens (tertiary/aromatic N) is 1. The second-order valence-electron chi connectivity index (χ2n) is 7.46. The van der Waals surface area contributed by atoms with Crippen LogP contribution in [0.15, 0.2) is 77.7 Å². The van der Waals surface area contributed by atoms with Gasteiger partial charge in [-0.05, 0) is 60.9 Å². The molecule has 1 aliphatic rings. The van der Waals surface area contributed by atoms with E-state index in [1.807, 2.05) is 24.3 Å². The number of amides is 1. The fourth-order valence-electron chi connectivity index (χ4n) is 3.60. The average Bonchev–Trinajstić information content (AvgIpc) is 2.83. The highest BCUT2D eigenvalue weighted by molar-refractivity contribution is 7.92. The summed E-state index contributed by atoms with van der Waals surface area (Å²) in [6, 6.07) is 18.0. The first-order valence-electron chi connectivity index (χ1n) is 10.3. The van der Waals surface area contributed by atoms with Gasteiger partial charge in [0.05, 0.1) is 16.1 Å². The third-order valence-electron chi connectivity index (χ3n) is 5.26. The predicted molar refractivity (Wildman–Crippen MR) is 121 cm³/mol. The summed E-state index contributed by atoms with van der Waals surface area (Å²) in [5.41, 5.74) is 1.80. The van der Waals surface area contributed by atoms with Crippen LogP contribution < -0.4 is 9.62 Å². The van der Waals surface area contributed by atoms with E-state index < -0.39 is 28.4 Å². The average molecular weight is 469 g/mol. The van der Waals surface area contributed by atoms with Gasteiger partial charge in [0.1, 0.15) is 5.82 Å². The van der Waals surface area contributed by atoms with E-state index in [4.69, 9.17) is 4.74 Å². The maximum absolute atomic E-state index is 13.8. The Morgan fingerprint density at radius 2 is 1.67 bits per heavy atom. The first-order chi connectivity index (χ1) is 15.8. The molecule has 0 radical (unpaired) electrons. The van der Waals surface area contributed by atoms with Gasteiger partial charge in [-0.1, -0.05) is 30.3 Å². The van der Waals surface area contributed by atoms with Crippen molar-refractivity contribution in [1.82, 2.24) is 0 Å². The second-order valence-corrected chi connectivity index (χ2v) is 9.15. The topological polar surface area (TPSA) is 92.8 Å². The Kier molecular flexibility index (Phi) is 6.41. The molecule has 0 atom stereocenters. The van der Waals surface area contributed by atoms with E-state index in [-0.39, 0.29) is 22.1 Å². The molecule has 9 heteroatoms. The minimum Gasteiger partial charge on any atom is -0.452 e. The summed E-state index contributed by atoms with van der Waals surface area (Å²) in [6.07, 6.45) is 1.72. The third-order valence-corrected chi connectivity index (χ3v) is 6.64. The smallest absolute Gasteiger partial charge is 0.338 e. The van der Waals surface area contributed by atoms with Crippen LogP contribution in [0, 0.1) is 5.82 Å². The molecule has 3 aromatic rings. The number of sulfonamides is 1. The van der Waals surface area contributed by atoms with Gasteiger partial charge in [-0.2, -0.15) is 0 Å². The lowest BCUT2D eigenvalue weighted by atomic mass is 10.0. The zero-order valence-electron chi connectivity index (χ0n) is 17.5. The van der Waals surface area contributed by atoms with Gasteiger partial charge < -0.3 is 9.64 Å². The van der Waals surface area contributed by atoms with Crippen LogP contribution in [0.3, 0.4) is 0 Å². The summed E-state index contributed by atoms with van der Waals surface area (Å²) in [6.45, 7) is 0.122. The van der Waals surface area contributed by atoms with Crippen LogP contribution in [0.4, 0.5) is 15.8 Å². The number of aryl methyl sites for hydroxylation is 1. The van der Waals surface area contributed by atoms with Crippen LogP contribution in [0.1, 0.15) is 22.3 Å². The molecule has 33 heavy (non-hydrogen) atoms. The van der Waals surface area contributed by atoms with Crippen molar-refractivity contribution < 1.29 is 27.1 Å². The summed E-state index contributed by atoms with van der Waals surface area (Å²) in [5.74, 6) is -1.79. The lowest BCUT2D eigenvalue weighted by Gasteiger charge is -2.29. The van der Waals surface area contributed by atoms with Crippen LogP contribution in [-0.2, 0) is 26.0 Å². The molecule has 1 amide bonds. The SMILES string of the molecule is O=C(OCC(=O)N1CCCc2ccccc21)c1ccc(S(=O)(=O)Nc2ccccc2F)cc1. The molecule has 0 saturated carbocycles. The highest BCUT2D eigenvalue weighted by atomic mass is 32.2. The van der Waals surface area contributed by atoms with Gasteiger partial charge >= 0.3 is 5.97 Å². The maximum atomic E-state index is 13.8. The fourth-order valence-corrected chi connectivity index (χ4v) is 4.67. The quantitative estimate of drug-likeness (QED) is 0.556. The Bertz CT molecular complexity index is 1290. The Morgan fingerprint density at radius 1 is 0.970 bits per heavy atom. The third kappa shape index (κ3) is 5.04. The minimum atomic E-state index is -4.05. The molecule has 0 unspecified atom stereocenters. The molecule has 4 rings (SSSR count). The van der Waals surface area contributed by atoms with Crippen LogP contribution >= 0.6 is 0 Å². The number of benzene rings is 3. The van der Waals surface area contributed by atoms with Gasteiger partial charge in [0, 0.05) is 12.2 Å². The molecule has 1 N–H and O–H groups in total. The van der Waals surface area contributed by atoms with Gasteiger partial charge in [0.2, 0.25) is 0 Å². The number of esters is 1. The van der Waals surface area contributed by atoms with E-state index in [9.17, 15) is 22.4 Å². The van der Waals surface area contributed by atoms with Gasteiger partial charge in [-0.15, -0.1) is 0 Å². The van der Waals surface area contributed by atoms with Crippen molar-refractivity contribution >= 4 is 33.3 Å². The summed E-state index contributed by atoms with van der Waals surface area (Å²) >= 11 is 0. The van der Waals surface area contributed by atoms with E-state index in [0.717, 1.165) is 30.2 Å². The van der Waals surface area contributed by atoms with Crippen molar-refractivity contribution in [1.29, 1.82) is 0 Å². The fraction of sp³-hybridized carbons (Fsp3) is 0.167. The highest BCUT2D eigenvalue weighted by Gasteiger charge is 2.23. The number of para-hydroxylation sites is 2. The molecule has 170 valence electrons. The Labute approximate surface area is 190 Å². The molecular formula is C24H21FN2O5S. The number of anilines is 2. The molecular weight excluding hydrogens is 447 g/mol. The van der Waals surface area contributed by atoms with Crippen molar-refractivity contribution in [2.24, 2.45) is 0 Å². The molecule has 1 aliphatic heterocycles. The zero-order valence-corrected chi connectivity index (χ0v) is 18.3. The first-order valence-corrected chi connectivity index (χ1v) is 11.8. The number of rotatable bonds is 6. The first kappa shape index (κ1) is 22.5. The zero-order chi connectivity index (χ0) is 23.4. The summed E-state index contributed by atoms with van der Waals surface area (Å²) < 4.78 is 46.0. The van der Waals surface area contributed by atoms with Gasteiger partial charge in [-0.3, -0.25) is 9.52 Å². The van der Waals surface area contributed by atoms with E-state index in [0.29, 0.717) is 6.54 Å². The van der Waals surface area contributed by atoms with Crippen molar-refractivity contribution in [2.75, 3.05) is 22.8 Å².